The third-order valence-corrected chi connectivity index (χ3v) is 3.38. The Hall–Kier alpha value is -2.04. The van der Waals surface area contributed by atoms with Crippen LogP contribution < -0.4 is 4.90 Å². The van der Waals surface area contributed by atoms with Crippen LogP contribution in [0, 0.1) is 0 Å². The minimum atomic E-state index is -0.978. The van der Waals surface area contributed by atoms with E-state index in [1.165, 1.54) is 4.90 Å². The van der Waals surface area contributed by atoms with E-state index in [0.717, 1.165) is 11.3 Å². The van der Waals surface area contributed by atoms with E-state index in [1.54, 1.807) is 6.07 Å². The smallest absolute Gasteiger partial charge is 0.412 e. The summed E-state index contributed by atoms with van der Waals surface area (Å²) in [5, 5.41) is 9.39. The van der Waals surface area contributed by atoms with Gasteiger partial charge in [0, 0.05) is 12.5 Å². The molecule has 0 radical (unpaired) electrons. The maximum Gasteiger partial charge on any atom is 0.412 e. The molecule has 0 fully saturated rings. The highest BCUT2D eigenvalue weighted by molar-refractivity contribution is 5.90. The van der Waals surface area contributed by atoms with Gasteiger partial charge in [0.1, 0.15) is 5.60 Å². The molecular weight excluding hydrogens is 270 g/mol. The molecule has 1 amide bonds. The van der Waals surface area contributed by atoms with E-state index in [4.69, 9.17) is 4.74 Å². The molecule has 1 aromatic rings. The van der Waals surface area contributed by atoms with Gasteiger partial charge in [0.05, 0.1) is 5.69 Å². The number of hydrogen-bond acceptors (Lipinski definition) is 3. The fourth-order valence-electron chi connectivity index (χ4n) is 2.63. The van der Waals surface area contributed by atoms with Crippen LogP contribution in [0.15, 0.2) is 24.3 Å². The second-order valence-electron chi connectivity index (χ2n) is 6.26. The van der Waals surface area contributed by atoms with Crippen molar-refractivity contribution in [3.05, 3.63) is 29.8 Å². The number of para-hydroxylation sites is 1. The average Bonchev–Trinajstić information content (AvgIpc) is 2.72. The predicted octanol–water partition coefficient (Wildman–Crippen LogP) is 3.22. The number of rotatable bonds is 3. The molecule has 114 valence electrons. The zero-order valence-electron chi connectivity index (χ0n) is 12.6. The topological polar surface area (TPSA) is 66.8 Å². The molecule has 1 aliphatic heterocycles. The second kappa shape index (κ2) is 5.76. The van der Waals surface area contributed by atoms with Gasteiger partial charge in [-0.05, 0) is 45.2 Å². The Morgan fingerprint density at radius 2 is 2.00 bits per heavy atom. The average molecular weight is 291 g/mol. The Labute approximate surface area is 124 Å². The Kier molecular flexibility index (Phi) is 4.21. The second-order valence-corrected chi connectivity index (χ2v) is 6.26. The van der Waals surface area contributed by atoms with Gasteiger partial charge < -0.3 is 9.84 Å². The minimum Gasteiger partial charge on any atom is -0.465 e. The molecule has 0 saturated heterocycles. The first-order valence-corrected chi connectivity index (χ1v) is 7.10. The maximum absolute atomic E-state index is 11.8. The molecule has 0 aliphatic carbocycles. The summed E-state index contributed by atoms with van der Waals surface area (Å²) >= 11 is 0. The largest absolute Gasteiger partial charge is 0.465 e. The summed E-state index contributed by atoms with van der Waals surface area (Å²) in [5.74, 6) is -0.288. The number of carbonyl (C=O) groups is 2. The van der Waals surface area contributed by atoms with Crippen molar-refractivity contribution in [1.82, 2.24) is 0 Å². The van der Waals surface area contributed by atoms with E-state index in [2.05, 4.69) is 0 Å². The highest BCUT2D eigenvalue weighted by Crippen LogP contribution is 2.33. The van der Waals surface area contributed by atoms with Crippen molar-refractivity contribution in [3.8, 4) is 0 Å². The summed E-state index contributed by atoms with van der Waals surface area (Å²) in [6, 6.07) is 7.25. The molecule has 5 nitrogen and oxygen atoms in total. The molecule has 0 spiro atoms. The van der Waals surface area contributed by atoms with Gasteiger partial charge in [-0.3, -0.25) is 9.69 Å². The van der Waals surface area contributed by atoms with Crippen molar-refractivity contribution in [2.75, 3.05) is 4.90 Å². The van der Waals surface area contributed by atoms with Crippen molar-refractivity contribution in [2.45, 2.75) is 51.7 Å². The number of ether oxygens (including phenoxy) is 1. The lowest BCUT2D eigenvalue weighted by molar-refractivity contribution is -0.155. The van der Waals surface area contributed by atoms with Gasteiger partial charge >= 0.3 is 12.1 Å². The van der Waals surface area contributed by atoms with Gasteiger partial charge in [-0.15, -0.1) is 0 Å². The van der Waals surface area contributed by atoms with Gasteiger partial charge in [0.25, 0.3) is 0 Å². The minimum absolute atomic E-state index is 0.201. The zero-order chi connectivity index (χ0) is 15.6. The number of carboxylic acid groups (broad SMARTS) is 1. The molecule has 2 rings (SSSR count). The number of hydrogen-bond donors (Lipinski definition) is 1. The fraction of sp³-hybridized carbons (Fsp3) is 0.500. The van der Waals surface area contributed by atoms with Crippen molar-refractivity contribution < 1.29 is 19.4 Å². The lowest BCUT2D eigenvalue weighted by Gasteiger charge is -2.23. The number of fused-ring (bicyclic) bond motifs is 1. The van der Waals surface area contributed by atoms with E-state index in [0.29, 0.717) is 12.8 Å². The van der Waals surface area contributed by atoms with Crippen molar-refractivity contribution in [3.63, 3.8) is 0 Å². The molecule has 1 unspecified atom stereocenters. The highest BCUT2D eigenvalue weighted by atomic mass is 16.6. The number of anilines is 1. The molecular formula is C16H21NO4. The Morgan fingerprint density at radius 1 is 1.33 bits per heavy atom. The van der Waals surface area contributed by atoms with E-state index in [1.807, 2.05) is 39.0 Å². The molecule has 1 aliphatic rings. The lowest BCUT2D eigenvalue weighted by Crippen LogP contribution is -2.37. The van der Waals surface area contributed by atoms with Crippen LogP contribution in [0.4, 0.5) is 10.5 Å². The molecule has 1 atom stereocenters. The van der Waals surface area contributed by atoms with Crippen LogP contribution >= 0.6 is 0 Å². The van der Waals surface area contributed by atoms with Crippen LogP contribution in [0.25, 0.3) is 0 Å². The normalized spacial score (nSPS) is 17.5. The van der Waals surface area contributed by atoms with E-state index in [-0.39, 0.29) is 18.4 Å². The van der Waals surface area contributed by atoms with Gasteiger partial charge in [-0.1, -0.05) is 18.2 Å². The summed E-state index contributed by atoms with van der Waals surface area (Å²) in [6.45, 7) is 5.46. The van der Waals surface area contributed by atoms with Crippen LogP contribution in [0.2, 0.25) is 0 Å². The molecule has 1 N–H and O–H groups in total. The van der Waals surface area contributed by atoms with E-state index in [9.17, 15) is 14.7 Å². The van der Waals surface area contributed by atoms with Crippen LogP contribution in [0.1, 0.15) is 39.2 Å². The Morgan fingerprint density at radius 3 is 2.62 bits per heavy atom. The summed E-state index contributed by atoms with van der Waals surface area (Å²) in [5.41, 5.74) is 1.22. The molecule has 0 bridgehead atoms. The molecule has 0 aromatic heterocycles. The van der Waals surface area contributed by atoms with Gasteiger partial charge in [0.15, 0.2) is 0 Å². The van der Waals surface area contributed by atoms with Crippen LogP contribution in [0.5, 0.6) is 0 Å². The van der Waals surface area contributed by atoms with Crippen LogP contribution in [-0.2, 0) is 16.0 Å². The number of esters is 1. The third kappa shape index (κ3) is 3.74. The summed E-state index contributed by atoms with van der Waals surface area (Å²) < 4.78 is 5.27. The number of nitrogens with zero attached hydrogens (tertiary/aromatic N) is 1. The molecule has 5 heteroatoms. The maximum atomic E-state index is 11.8. The quantitative estimate of drug-likeness (QED) is 0.868. The van der Waals surface area contributed by atoms with Gasteiger partial charge in [0.2, 0.25) is 0 Å². The van der Waals surface area contributed by atoms with Crippen molar-refractivity contribution in [1.29, 1.82) is 0 Å². The zero-order valence-corrected chi connectivity index (χ0v) is 12.6. The van der Waals surface area contributed by atoms with Crippen LogP contribution in [-0.4, -0.2) is 28.8 Å². The highest BCUT2D eigenvalue weighted by Gasteiger charge is 2.33. The molecule has 0 saturated carbocycles. The number of benzene rings is 1. The first-order chi connectivity index (χ1) is 9.78. The number of amides is 1. The van der Waals surface area contributed by atoms with Crippen molar-refractivity contribution >= 4 is 17.7 Å². The van der Waals surface area contributed by atoms with Crippen molar-refractivity contribution in [2.24, 2.45) is 0 Å². The first-order valence-electron chi connectivity index (χ1n) is 7.10. The predicted molar refractivity (Wildman–Crippen MR) is 79.5 cm³/mol. The summed E-state index contributed by atoms with van der Waals surface area (Å²) in [6.07, 6.45) is 0.357. The van der Waals surface area contributed by atoms with Crippen LogP contribution in [0.3, 0.4) is 0 Å². The molecule has 1 heterocycles. The van der Waals surface area contributed by atoms with Gasteiger partial charge in [-0.2, -0.15) is 0 Å². The monoisotopic (exact) mass is 291 g/mol. The summed E-state index contributed by atoms with van der Waals surface area (Å²) in [4.78, 5) is 24.6. The lowest BCUT2D eigenvalue weighted by atomic mass is 10.1. The van der Waals surface area contributed by atoms with E-state index < -0.39 is 11.7 Å². The molecule has 21 heavy (non-hydrogen) atoms. The first kappa shape index (κ1) is 15.4. The number of carbonyl (C=O) groups excluding carboxylic acids is 1. The van der Waals surface area contributed by atoms with Gasteiger partial charge in [-0.25, -0.2) is 4.79 Å². The van der Waals surface area contributed by atoms with E-state index >= 15 is 0 Å². The third-order valence-electron chi connectivity index (χ3n) is 3.38. The SMILES string of the molecule is CC(C)(C)OC(=O)CCC1Cc2ccccc2N1C(=O)O. The standard InChI is InChI=1S/C16H21NO4/c1-16(2,3)21-14(18)9-8-12-10-11-6-4-5-7-13(11)17(12)15(19)20/h4-7,12H,8-10H2,1-3H3,(H,19,20). The summed E-state index contributed by atoms with van der Waals surface area (Å²) in [7, 11) is 0. The molecule has 1 aromatic carbocycles. The Balaban J connectivity index is 2.02. The fourth-order valence-corrected chi connectivity index (χ4v) is 2.63. The Bertz CT molecular complexity index is 547.